The van der Waals surface area contributed by atoms with Gasteiger partial charge in [-0.25, -0.2) is 4.98 Å². The first-order valence-electron chi connectivity index (χ1n) is 9.95. The summed E-state index contributed by atoms with van der Waals surface area (Å²) in [5, 5.41) is 3.91. The monoisotopic (exact) mass is 408 g/mol. The van der Waals surface area contributed by atoms with Gasteiger partial charge >= 0.3 is 0 Å². The van der Waals surface area contributed by atoms with E-state index in [1.165, 1.54) is 16.9 Å². The first-order chi connectivity index (χ1) is 14.0. The van der Waals surface area contributed by atoms with Gasteiger partial charge in [-0.2, -0.15) is 0 Å². The average Bonchev–Trinajstić information content (AvgIpc) is 3.01. The number of benzene rings is 1. The van der Waals surface area contributed by atoms with Crippen LogP contribution in [0.25, 0.3) is 10.2 Å². The van der Waals surface area contributed by atoms with Crippen molar-refractivity contribution in [2.45, 2.75) is 44.2 Å². The second-order valence-electron chi connectivity index (χ2n) is 8.13. The molecule has 150 valence electrons. The number of ether oxygens (including phenoxy) is 1. The van der Waals surface area contributed by atoms with E-state index < -0.39 is 0 Å². The fourth-order valence-corrected chi connectivity index (χ4v) is 5.22. The Bertz CT molecular complexity index is 1100. The van der Waals surface area contributed by atoms with Crippen LogP contribution in [0.1, 0.15) is 45.3 Å². The fourth-order valence-electron chi connectivity index (χ4n) is 4.18. The number of nitrogens with one attached hydrogen (secondary N) is 1. The van der Waals surface area contributed by atoms with Crippen LogP contribution in [0, 0.1) is 6.92 Å². The van der Waals surface area contributed by atoms with Crippen molar-refractivity contribution in [3.05, 3.63) is 52.0 Å². The third kappa shape index (κ3) is 3.34. The molecular weight excluding hydrogens is 384 g/mol. The summed E-state index contributed by atoms with van der Waals surface area (Å²) in [6, 6.07) is 10.5. The van der Waals surface area contributed by atoms with Crippen molar-refractivity contribution in [3.8, 4) is 5.75 Å². The first kappa shape index (κ1) is 18.4. The Labute approximate surface area is 173 Å². The molecule has 2 aromatic heterocycles. The Hall–Kier alpha value is -2.64. The number of amides is 1. The number of anilines is 1. The molecule has 0 bridgehead atoms. The van der Waals surface area contributed by atoms with Gasteiger partial charge in [0.15, 0.2) is 0 Å². The average molecular weight is 409 g/mol. The Morgan fingerprint density at radius 1 is 1.28 bits per heavy atom. The lowest BCUT2D eigenvalue weighted by Crippen LogP contribution is -2.42. The fraction of sp³-hybridized carbons (Fsp3) is 0.364. The molecule has 3 heterocycles. The maximum Gasteiger partial charge on any atom is 0.263 e. The molecule has 0 saturated heterocycles. The summed E-state index contributed by atoms with van der Waals surface area (Å²) in [6.45, 7) is 2.38. The van der Waals surface area contributed by atoms with Crippen LogP contribution in [0.3, 0.4) is 0 Å². The zero-order valence-electron chi connectivity index (χ0n) is 16.3. The van der Waals surface area contributed by atoms with Crippen molar-refractivity contribution in [1.29, 1.82) is 0 Å². The molecule has 7 heteroatoms. The minimum Gasteiger partial charge on any atom is -0.491 e. The minimum atomic E-state index is -0.166. The molecule has 6 nitrogen and oxygen atoms in total. The predicted octanol–water partition coefficient (Wildman–Crippen LogP) is 3.13. The highest BCUT2D eigenvalue weighted by molar-refractivity contribution is 7.21. The van der Waals surface area contributed by atoms with Crippen LogP contribution in [0.5, 0.6) is 5.75 Å². The molecule has 1 amide bonds. The summed E-state index contributed by atoms with van der Waals surface area (Å²) >= 11 is 1.34. The molecule has 5 N–H and O–H groups in total. The number of nitrogen functional groups attached to an aromatic ring is 1. The Kier molecular flexibility index (Phi) is 4.44. The molecule has 5 rings (SSSR count). The summed E-state index contributed by atoms with van der Waals surface area (Å²) in [7, 11) is 0. The molecule has 29 heavy (non-hydrogen) atoms. The molecule has 1 saturated carbocycles. The van der Waals surface area contributed by atoms with Gasteiger partial charge in [-0.15, -0.1) is 11.3 Å². The second-order valence-corrected chi connectivity index (χ2v) is 9.13. The van der Waals surface area contributed by atoms with Gasteiger partial charge in [-0.05, 0) is 61.4 Å². The molecule has 1 aliphatic carbocycles. The maximum atomic E-state index is 12.8. The number of hydrogen-bond donors (Lipinski definition) is 3. The third-order valence-corrected chi connectivity index (χ3v) is 7.03. The molecule has 1 aliphatic heterocycles. The van der Waals surface area contributed by atoms with Crippen LogP contribution in [-0.2, 0) is 6.42 Å². The van der Waals surface area contributed by atoms with Crippen LogP contribution < -0.4 is 21.5 Å². The second kappa shape index (κ2) is 7.00. The predicted molar refractivity (Wildman–Crippen MR) is 116 cm³/mol. The Balaban J connectivity index is 1.30. The number of nitrogens with two attached hydrogens (primary N) is 2. The molecule has 0 radical (unpaired) electrons. The summed E-state index contributed by atoms with van der Waals surface area (Å²) < 4.78 is 5.98. The maximum absolute atomic E-state index is 12.8. The quantitative estimate of drug-likeness (QED) is 0.618. The summed E-state index contributed by atoms with van der Waals surface area (Å²) in [5.74, 6) is 1.30. The van der Waals surface area contributed by atoms with Crippen molar-refractivity contribution in [3.63, 3.8) is 0 Å². The number of carbonyl (C=O) groups is 1. The summed E-state index contributed by atoms with van der Waals surface area (Å²) in [6.07, 6.45) is 2.83. The number of nitrogens with zero attached hydrogens (tertiary/aromatic N) is 1. The van der Waals surface area contributed by atoms with Gasteiger partial charge in [-0.3, -0.25) is 4.79 Å². The van der Waals surface area contributed by atoms with Gasteiger partial charge in [0.05, 0.1) is 11.7 Å². The van der Waals surface area contributed by atoms with E-state index in [9.17, 15) is 4.79 Å². The normalized spacial score (nSPS) is 23.2. The van der Waals surface area contributed by atoms with Gasteiger partial charge in [-0.1, -0.05) is 12.1 Å². The van der Waals surface area contributed by atoms with E-state index in [1.807, 2.05) is 19.1 Å². The minimum absolute atomic E-state index is 0.0858. The van der Waals surface area contributed by atoms with Crippen molar-refractivity contribution in [2.75, 3.05) is 12.3 Å². The molecule has 1 aromatic carbocycles. The van der Waals surface area contributed by atoms with E-state index in [4.69, 9.17) is 16.2 Å². The molecule has 0 spiro atoms. The smallest absolute Gasteiger partial charge is 0.263 e. The molecule has 0 unspecified atom stereocenters. The van der Waals surface area contributed by atoms with Crippen LogP contribution in [0.2, 0.25) is 0 Å². The van der Waals surface area contributed by atoms with Crippen molar-refractivity contribution >= 4 is 33.1 Å². The Morgan fingerprint density at radius 2 is 2.10 bits per heavy atom. The number of pyridine rings is 1. The zero-order valence-corrected chi connectivity index (χ0v) is 17.1. The topological polar surface area (TPSA) is 103 Å². The van der Waals surface area contributed by atoms with Gasteiger partial charge in [0.1, 0.15) is 22.1 Å². The molecule has 1 fully saturated rings. The zero-order chi connectivity index (χ0) is 20.1. The number of rotatable bonds is 3. The van der Waals surface area contributed by atoms with Gasteiger partial charge in [0.2, 0.25) is 0 Å². The number of aryl methyl sites for hydroxylation is 1. The number of carbonyl (C=O) groups excluding carboxylic acids is 1. The summed E-state index contributed by atoms with van der Waals surface area (Å²) in [5.41, 5.74) is 16.0. The van der Waals surface area contributed by atoms with Crippen molar-refractivity contribution in [1.82, 2.24) is 10.3 Å². The Morgan fingerprint density at radius 3 is 2.90 bits per heavy atom. The van der Waals surface area contributed by atoms with Gasteiger partial charge < -0.3 is 21.5 Å². The van der Waals surface area contributed by atoms with Gasteiger partial charge in [0, 0.05) is 17.1 Å². The van der Waals surface area contributed by atoms with Crippen LogP contribution in [0.15, 0.2) is 30.3 Å². The summed E-state index contributed by atoms with van der Waals surface area (Å²) in [4.78, 5) is 18.6. The van der Waals surface area contributed by atoms with Crippen LogP contribution >= 0.6 is 11.3 Å². The molecular formula is C22H24N4O2S. The van der Waals surface area contributed by atoms with Crippen molar-refractivity contribution < 1.29 is 9.53 Å². The highest BCUT2D eigenvalue weighted by Crippen LogP contribution is 2.39. The third-order valence-electron chi connectivity index (χ3n) is 5.92. The van der Waals surface area contributed by atoms with E-state index in [0.29, 0.717) is 29.1 Å². The number of hydrogen-bond acceptors (Lipinski definition) is 6. The first-order valence-corrected chi connectivity index (χ1v) is 10.8. The lowest BCUT2D eigenvalue weighted by atomic mass is 9.76. The van der Waals surface area contributed by atoms with E-state index in [2.05, 4.69) is 28.5 Å². The standard InChI is InChI=1S/C22H24N4O2S/c1-11-2-5-17-19(24)20(29-22(17)25-11)21(27)26-16-8-13-4-3-12(9-18(13)28-10-16)14-6-15(23)7-14/h2-5,9,14-16H,6-8,10,23-24H2,1H3,(H,26,27)/t14-,15-,16-/m1/s1. The SMILES string of the molecule is Cc1ccc2c(N)c(C(=O)N[C@H]3COc4cc([C@H]5C[C@H](N)C5)ccc4C3)sc2n1. The highest BCUT2D eigenvalue weighted by atomic mass is 32.1. The van der Waals surface area contributed by atoms with E-state index in [-0.39, 0.29) is 11.9 Å². The lowest BCUT2D eigenvalue weighted by Gasteiger charge is -2.34. The van der Waals surface area contributed by atoms with Crippen LogP contribution in [0.4, 0.5) is 5.69 Å². The van der Waals surface area contributed by atoms with E-state index in [0.717, 1.165) is 46.5 Å². The number of thiophene rings is 1. The molecule has 2 aliphatic rings. The largest absolute Gasteiger partial charge is 0.491 e. The lowest BCUT2D eigenvalue weighted by molar-refractivity contribution is 0.0920. The number of fused-ring (bicyclic) bond motifs is 2. The van der Waals surface area contributed by atoms with E-state index in [1.54, 1.807) is 0 Å². The van der Waals surface area contributed by atoms with Crippen LogP contribution in [-0.4, -0.2) is 29.6 Å². The number of aromatic nitrogens is 1. The van der Waals surface area contributed by atoms with Crippen molar-refractivity contribution in [2.24, 2.45) is 5.73 Å². The van der Waals surface area contributed by atoms with E-state index >= 15 is 0 Å². The molecule has 1 atom stereocenters. The van der Waals surface area contributed by atoms with Gasteiger partial charge in [0.25, 0.3) is 5.91 Å². The highest BCUT2D eigenvalue weighted by Gasteiger charge is 2.29. The molecule has 3 aromatic rings.